The van der Waals surface area contributed by atoms with Gasteiger partial charge in [-0.3, -0.25) is 4.90 Å². The van der Waals surface area contributed by atoms with E-state index in [0.717, 1.165) is 71.9 Å². The van der Waals surface area contributed by atoms with Crippen LogP contribution < -0.4 is 0 Å². The fraction of sp³-hybridized carbons (Fsp3) is 0.292. The molecule has 5 aromatic rings. The van der Waals surface area contributed by atoms with Gasteiger partial charge in [-0.1, -0.05) is 18.2 Å². The molecule has 31 heavy (non-hydrogen) atoms. The number of aromatic nitrogens is 4. The quantitative estimate of drug-likeness (QED) is 0.408. The minimum atomic E-state index is 0.513. The molecule has 0 saturated carbocycles. The number of para-hydroxylation sites is 1. The molecule has 7 heteroatoms. The Bertz CT molecular complexity index is 1330. The number of piperidine rings is 1. The molecule has 1 aliphatic heterocycles. The van der Waals surface area contributed by atoms with Gasteiger partial charge in [0, 0.05) is 22.9 Å². The predicted octanol–water partition coefficient (Wildman–Crippen LogP) is 5.52. The maximum Gasteiger partial charge on any atom is 0.178 e. The highest BCUT2D eigenvalue weighted by atomic mass is 32.1. The molecule has 5 heterocycles. The molecule has 1 aliphatic rings. The second-order valence-electron chi connectivity index (χ2n) is 8.28. The van der Waals surface area contributed by atoms with E-state index in [9.17, 15) is 0 Å². The Labute approximate surface area is 184 Å². The van der Waals surface area contributed by atoms with Crippen molar-refractivity contribution in [3.8, 4) is 11.5 Å². The Morgan fingerprint density at radius 3 is 2.87 bits per heavy atom. The smallest absolute Gasteiger partial charge is 0.178 e. The van der Waals surface area contributed by atoms with Crippen LogP contribution in [0, 0.1) is 6.92 Å². The summed E-state index contributed by atoms with van der Waals surface area (Å²) in [6.45, 7) is 5.02. The number of pyridine rings is 1. The Kier molecular flexibility index (Phi) is 4.58. The summed E-state index contributed by atoms with van der Waals surface area (Å²) in [5.41, 5.74) is 4.91. The summed E-state index contributed by atoms with van der Waals surface area (Å²) in [6.07, 6.45) is 4.05. The van der Waals surface area contributed by atoms with Crippen LogP contribution in [0.1, 0.15) is 35.2 Å². The molecule has 1 aromatic carbocycles. The Morgan fingerprint density at radius 1 is 1.16 bits per heavy atom. The Balaban J connectivity index is 1.12. The van der Waals surface area contributed by atoms with E-state index in [2.05, 4.69) is 44.3 Å². The zero-order valence-electron chi connectivity index (χ0n) is 17.3. The van der Waals surface area contributed by atoms with Gasteiger partial charge in [-0.05, 0) is 56.6 Å². The van der Waals surface area contributed by atoms with Crippen molar-refractivity contribution < 1.29 is 4.42 Å². The number of imidazole rings is 1. The van der Waals surface area contributed by atoms with Crippen LogP contribution in [0.2, 0.25) is 0 Å². The molecule has 4 aromatic heterocycles. The molecule has 6 nitrogen and oxygen atoms in total. The topological polar surface area (TPSA) is 70.8 Å². The van der Waals surface area contributed by atoms with Crippen molar-refractivity contribution in [1.82, 2.24) is 24.8 Å². The summed E-state index contributed by atoms with van der Waals surface area (Å²) in [6, 6.07) is 12.2. The monoisotopic (exact) mass is 429 g/mol. The van der Waals surface area contributed by atoms with Crippen molar-refractivity contribution in [2.75, 3.05) is 13.1 Å². The number of nitrogens with one attached hydrogen (secondary N) is 1. The van der Waals surface area contributed by atoms with Gasteiger partial charge >= 0.3 is 0 Å². The van der Waals surface area contributed by atoms with Gasteiger partial charge < -0.3 is 9.40 Å². The van der Waals surface area contributed by atoms with Crippen molar-refractivity contribution in [2.45, 2.75) is 32.2 Å². The SMILES string of the molecule is Cc1ccnc2nc(CN3CCC(c4nc(-c5cc6ccccc6o5)cs4)CC3)[nH]c12. The van der Waals surface area contributed by atoms with Crippen LogP contribution in [-0.2, 0) is 6.54 Å². The molecular weight excluding hydrogens is 406 g/mol. The molecule has 0 spiro atoms. The van der Waals surface area contributed by atoms with E-state index < -0.39 is 0 Å². The Morgan fingerprint density at radius 2 is 2.03 bits per heavy atom. The first-order chi connectivity index (χ1) is 15.2. The number of nitrogens with zero attached hydrogens (tertiary/aromatic N) is 4. The lowest BCUT2D eigenvalue weighted by molar-refractivity contribution is 0.201. The molecule has 1 N–H and O–H groups in total. The number of hydrogen-bond acceptors (Lipinski definition) is 6. The Hall–Kier alpha value is -3.03. The lowest BCUT2D eigenvalue weighted by Crippen LogP contribution is -2.32. The van der Waals surface area contributed by atoms with Gasteiger partial charge in [-0.2, -0.15) is 0 Å². The minimum Gasteiger partial charge on any atom is -0.454 e. The predicted molar refractivity (Wildman–Crippen MR) is 123 cm³/mol. The standard InChI is InChI=1S/C24H23N5OS/c1-15-6-9-25-23-22(15)27-21(28-23)13-29-10-7-16(8-11-29)24-26-18(14-31-24)20-12-17-4-2-3-5-19(17)30-20/h2-6,9,12,14,16H,7-8,10-11,13H2,1H3,(H,25,27,28). The number of benzene rings is 1. The van der Waals surface area contributed by atoms with Crippen molar-refractivity contribution >= 4 is 33.5 Å². The third-order valence-electron chi connectivity index (χ3n) is 6.16. The summed E-state index contributed by atoms with van der Waals surface area (Å²) in [5, 5.41) is 4.47. The molecule has 1 fully saturated rings. The van der Waals surface area contributed by atoms with E-state index in [4.69, 9.17) is 9.40 Å². The lowest BCUT2D eigenvalue weighted by Gasteiger charge is -2.30. The number of rotatable bonds is 4. The molecule has 0 unspecified atom stereocenters. The van der Waals surface area contributed by atoms with E-state index in [0.29, 0.717) is 5.92 Å². The first kappa shape index (κ1) is 18.7. The number of H-pyrrole nitrogens is 1. The van der Waals surface area contributed by atoms with Crippen molar-refractivity contribution in [1.29, 1.82) is 0 Å². The fourth-order valence-corrected chi connectivity index (χ4v) is 5.38. The summed E-state index contributed by atoms with van der Waals surface area (Å²) in [4.78, 5) is 19.9. The van der Waals surface area contributed by atoms with Crippen LogP contribution in [0.3, 0.4) is 0 Å². The van der Waals surface area contributed by atoms with Crippen molar-refractivity contribution in [3.05, 3.63) is 64.4 Å². The van der Waals surface area contributed by atoms with Gasteiger partial charge in [0.15, 0.2) is 11.4 Å². The van der Waals surface area contributed by atoms with Gasteiger partial charge in [0.2, 0.25) is 0 Å². The van der Waals surface area contributed by atoms with E-state index in [1.807, 2.05) is 30.5 Å². The minimum absolute atomic E-state index is 0.513. The van der Waals surface area contributed by atoms with E-state index in [-0.39, 0.29) is 0 Å². The normalized spacial score (nSPS) is 15.9. The molecular formula is C24H23N5OS. The number of aryl methyl sites for hydroxylation is 1. The van der Waals surface area contributed by atoms with Crippen LogP contribution >= 0.6 is 11.3 Å². The zero-order chi connectivity index (χ0) is 20.8. The second-order valence-corrected chi connectivity index (χ2v) is 9.17. The van der Waals surface area contributed by atoms with Gasteiger partial charge in [-0.25, -0.2) is 15.0 Å². The number of hydrogen-bond donors (Lipinski definition) is 1. The third kappa shape index (κ3) is 3.54. The fourth-order valence-electron chi connectivity index (χ4n) is 4.40. The number of fused-ring (bicyclic) bond motifs is 2. The zero-order valence-corrected chi connectivity index (χ0v) is 18.2. The maximum atomic E-state index is 5.99. The molecule has 1 saturated heterocycles. The number of furan rings is 1. The summed E-state index contributed by atoms with van der Waals surface area (Å²) in [5.74, 6) is 2.37. The highest BCUT2D eigenvalue weighted by Crippen LogP contribution is 2.34. The second kappa shape index (κ2) is 7.59. The largest absolute Gasteiger partial charge is 0.454 e. The number of likely N-dealkylation sites (tertiary alicyclic amines) is 1. The lowest BCUT2D eigenvalue weighted by atomic mass is 9.97. The van der Waals surface area contributed by atoms with Gasteiger partial charge in [0.25, 0.3) is 0 Å². The van der Waals surface area contributed by atoms with Crippen LogP contribution in [0.25, 0.3) is 33.6 Å². The van der Waals surface area contributed by atoms with Crippen LogP contribution in [-0.4, -0.2) is 37.9 Å². The molecule has 156 valence electrons. The average Bonchev–Trinajstić information content (AvgIpc) is 3.52. The van der Waals surface area contributed by atoms with Crippen molar-refractivity contribution in [3.63, 3.8) is 0 Å². The molecule has 0 bridgehead atoms. The molecule has 0 amide bonds. The highest BCUT2D eigenvalue weighted by Gasteiger charge is 2.24. The molecule has 0 atom stereocenters. The molecule has 0 aliphatic carbocycles. The summed E-state index contributed by atoms with van der Waals surface area (Å²) in [7, 11) is 0. The summed E-state index contributed by atoms with van der Waals surface area (Å²) >= 11 is 1.75. The van der Waals surface area contributed by atoms with Crippen LogP contribution in [0.15, 0.2) is 52.4 Å². The number of thiazole rings is 1. The highest BCUT2D eigenvalue weighted by molar-refractivity contribution is 7.10. The third-order valence-corrected chi connectivity index (χ3v) is 7.17. The van der Waals surface area contributed by atoms with Crippen molar-refractivity contribution in [2.24, 2.45) is 0 Å². The summed E-state index contributed by atoms with van der Waals surface area (Å²) < 4.78 is 5.99. The first-order valence-corrected chi connectivity index (χ1v) is 11.6. The maximum absolute atomic E-state index is 5.99. The van der Waals surface area contributed by atoms with Crippen LogP contribution in [0.5, 0.6) is 0 Å². The average molecular weight is 430 g/mol. The van der Waals surface area contributed by atoms with Gasteiger partial charge in [0.1, 0.15) is 17.1 Å². The number of aromatic amines is 1. The van der Waals surface area contributed by atoms with Gasteiger partial charge in [0.05, 0.1) is 17.1 Å². The van der Waals surface area contributed by atoms with E-state index in [1.165, 1.54) is 10.6 Å². The van der Waals surface area contributed by atoms with E-state index in [1.54, 1.807) is 11.3 Å². The van der Waals surface area contributed by atoms with E-state index >= 15 is 0 Å². The molecule has 0 radical (unpaired) electrons. The molecule has 6 rings (SSSR count). The van der Waals surface area contributed by atoms with Gasteiger partial charge in [-0.15, -0.1) is 11.3 Å². The van der Waals surface area contributed by atoms with Crippen LogP contribution in [0.4, 0.5) is 0 Å². The first-order valence-electron chi connectivity index (χ1n) is 10.7.